The Kier molecular flexibility index (Phi) is 31.4. The monoisotopic (exact) mass is 1820 g/mol. The topological polar surface area (TPSA) is 589 Å². The van der Waals surface area contributed by atoms with Gasteiger partial charge in [0, 0.05) is 55.6 Å². The third kappa shape index (κ3) is 22.5. The quantitative estimate of drug-likeness (QED) is 0.0242. The molecule has 0 unspecified atom stereocenters. The summed E-state index contributed by atoms with van der Waals surface area (Å²) in [4.78, 5) is 143. The summed E-state index contributed by atoms with van der Waals surface area (Å²) in [7, 11) is 2.72. The Morgan fingerprint density at radius 3 is 1.51 bits per heavy atom. The number of hydrogen-bond donors (Lipinski definition) is 15. The van der Waals surface area contributed by atoms with Gasteiger partial charge in [-0.3, -0.25) is 28.8 Å². The first-order chi connectivity index (χ1) is 62.2. The number of nitrogens with zero attached hydrogens (tertiary/aromatic N) is 4. The van der Waals surface area contributed by atoms with Crippen molar-refractivity contribution in [2.24, 2.45) is 22.5 Å². The van der Waals surface area contributed by atoms with Crippen LogP contribution in [0.5, 0.6) is 28.7 Å². The first-order valence-electron chi connectivity index (χ1n) is 42.4. The Morgan fingerprint density at radius 2 is 1.02 bits per heavy atom. The van der Waals surface area contributed by atoms with Crippen molar-refractivity contribution in [2.75, 3.05) is 114 Å². The second kappa shape index (κ2) is 42.3. The summed E-state index contributed by atoms with van der Waals surface area (Å²) in [5.41, 5.74) is 6.10. The zero-order chi connectivity index (χ0) is 93.2. The summed E-state index contributed by atoms with van der Waals surface area (Å²) in [5.74, 6) is -7.83. The highest BCUT2D eigenvalue weighted by Crippen LogP contribution is 2.59. The minimum atomic E-state index is -2.11. The van der Waals surface area contributed by atoms with Crippen molar-refractivity contribution >= 4 is 82.3 Å². The number of amides is 8. The Bertz CT molecular complexity index is 4920. The fourth-order valence-electron chi connectivity index (χ4n) is 16.4. The van der Waals surface area contributed by atoms with Crippen LogP contribution in [-0.4, -0.2) is 312 Å². The zero-order valence-electron chi connectivity index (χ0n) is 71.9. The van der Waals surface area contributed by atoms with E-state index in [-0.39, 0.29) is 145 Å². The number of carbonyl (C=O) groups is 10. The van der Waals surface area contributed by atoms with E-state index in [1.54, 1.807) is 43.0 Å². The molecule has 4 saturated heterocycles. The molecule has 706 valence electrons. The van der Waals surface area contributed by atoms with E-state index < -0.39 is 177 Å². The molecule has 130 heavy (non-hydrogen) atoms. The highest BCUT2D eigenvalue weighted by molar-refractivity contribution is 6.08. The molecule has 0 aromatic heterocycles. The molecular formula is C87H109N9O34. The lowest BCUT2D eigenvalue weighted by Crippen LogP contribution is -2.61. The van der Waals surface area contributed by atoms with Gasteiger partial charge < -0.3 is 154 Å². The van der Waals surface area contributed by atoms with E-state index in [1.807, 2.05) is 0 Å². The number of nitrogens with one attached hydrogen (secondary N) is 4. The number of carboxylic acid groups (broad SMARTS) is 2. The number of fused-ring (bicyclic) bond motifs is 4. The van der Waals surface area contributed by atoms with E-state index in [1.165, 1.54) is 85.8 Å². The van der Waals surface area contributed by atoms with Crippen molar-refractivity contribution in [3.63, 3.8) is 0 Å². The Balaban J connectivity index is 0.722. The zero-order valence-corrected chi connectivity index (χ0v) is 71.9. The van der Waals surface area contributed by atoms with Gasteiger partial charge in [0.2, 0.25) is 29.9 Å². The third-order valence-corrected chi connectivity index (χ3v) is 23.9. The molecule has 43 nitrogen and oxygen atoms in total. The Labute approximate surface area is 744 Å². The van der Waals surface area contributed by atoms with Gasteiger partial charge in [0.05, 0.1) is 115 Å². The maximum Gasteiger partial charge on any atom is 0.416 e. The molecule has 5 aromatic carbocycles. The van der Waals surface area contributed by atoms with Gasteiger partial charge in [-0.25, -0.2) is 29.0 Å². The lowest BCUT2D eigenvalue weighted by molar-refractivity contribution is -0.294. The minimum Gasteiger partial charge on any atom is -0.493 e. The molecule has 6 fully saturated rings. The van der Waals surface area contributed by atoms with Gasteiger partial charge >= 0.3 is 24.1 Å². The highest BCUT2D eigenvalue weighted by atomic mass is 16.7. The van der Waals surface area contributed by atoms with Gasteiger partial charge in [-0.1, -0.05) is 50.2 Å². The number of aliphatic hydroxyl groups is 8. The van der Waals surface area contributed by atoms with Crippen molar-refractivity contribution in [3.8, 4) is 28.7 Å². The number of carboxylic acids is 2. The minimum absolute atomic E-state index is 0.00186. The molecule has 0 bridgehead atoms. The number of rotatable bonds is 40. The van der Waals surface area contributed by atoms with E-state index >= 15 is 4.79 Å². The smallest absolute Gasteiger partial charge is 0.416 e. The second-order valence-corrected chi connectivity index (χ2v) is 33.5. The Morgan fingerprint density at radius 1 is 0.531 bits per heavy atom. The number of benzene rings is 5. The predicted octanol–water partition coefficient (Wildman–Crippen LogP) is 0.919. The summed E-state index contributed by atoms with van der Waals surface area (Å²) < 4.78 is 80.4. The molecule has 2 aliphatic carbocycles. The third-order valence-electron chi connectivity index (χ3n) is 23.9. The van der Waals surface area contributed by atoms with Gasteiger partial charge in [-0.2, -0.15) is 0 Å². The number of ether oxygens (including phenoxy) is 14. The maximum atomic E-state index is 15.2. The largest absolute Gasteiger partial charge is 0.493 e. The van der Waals surface area contributed by atoms with E-state index in [0.29, 0.717) is 62.4 Å². The summed E-state index contributed by atoms with van der Waals surface area (Å²) >= 11 is 0. The average molecular weight is 1820 g/mol. The van der Waals surface area contributed by atoms with Crippen LogP contribution in [-0.2, 0) is 97.8 Å². The molecule has 6 aliphatic heterocycles. The number of carbonyl (C=O) groups excluding carboxylic acids is 8. The van der Waals surface area contributed by atoms with Crippen LogP contribution in [0.15, 0.2) is 91.0 Å². The molecule has 5 aromatic rings. The molecule has 6 heterocycles. The number of aliphatic carboxylic acids is 2. The molecular weight excluding hydrogens is 1710 g/mol. The van der Waals surface area contributed by atoms with Crippen LogP contribution >= 0.6 is 0 Å². The fourth-order valence-corrected chi connectivity index (χ4v) is 16.4. The van der Waals surface area contributed by atoms with Crippen molar-refractivity contribution in [1.29, 1.82) is 0 Å². The predicted molar refractivity (Wildman–Crippen MR) is 447 cm³/mol. The number of hydrogen-bond acceptors (Lipinski definition) is 33. The summed E-state index contributed by atoms with van der Waals surface area (Å²) in [6.07, 6.45) is -21.6. The van der Waals surface area contributed by atoms with E-state index in [0.717, 1.165) is 42.4 Å². The number of methoxy groups -OCH3 is 2. The molecule has 2 saturated carbocycles. The molecule has 8 aliphatic rings. The lowest BCUT2D eigenvalue weighted by Gasteiger charge is -2.38. The maximum absolute atomic E-state index is 15.2. The number of anilines is 4. The molecule has 13 rings (SSSR count). The SMILES string of the molecule is COc1cc2c(cc1OCc1cccc(COc3cc4c(cc3OC)C(=O)N3CC5(CC5)C[C@H]3[C@H](O)N4C(=O)OCc3ccc(NC(=O)[C@H](CO[C@@H]4O[C@H](C(=O)O)[C@@H](O)[C@H](O)[C@H]4O)NC(=O)[C@@H](NC(C)=O)C(C)C)cc3NC(=O)CCOCCOCCOCCOCCN)c1)N(C(=O)OCc1ccc(O[C@@H]3O[C@H](C(=O)O)[C@@H](O)[C@H](O)[C@H]3O)cc1)[C@@H](O)[C@@H]1CC3(CC3)CN1C2=O. The lowest BCUT2D eigenvalue weighted by atomic mass is 9.99. The van der Waals surface area contributed by atoms with Gasteiger partial charge in [-0.15, -0.1) is 0 Å². The van der Waals surface area contributed by atoms with Crippen LogP contribution < -0.4 is 60.5 Å². The first-order valence-corrected chi connectivity index (χ1v) is 42.4. The van der Waals surface area contributed by atoms with Crippen molar-refractivity contribution in [3.05, 3.63) is 124 Å². The molecule has 16 atom stereocenters. The van der Waals surface area contributed by atoms with Crippen LogP contribution in [0, 0.1) is 16.7 Å². The van der Waals surface area contributed by atoms with Crippen molar-refractivity contribution in [2.45, 2.75) is 190 Å². The van der Waals surface area contributed by atoms with Crippen molar-refractivity contribution < 1.29 is 165 Å². The fraction of sp³-hybridized carbons (Fsp3) is 0.540. The van der Waals surface area contributed by atoms with Crippen LogP contribution in [0.1, 0.15) is 109 Å². The number of nitrogens with two attached hydrogens (primary N) is 1. The van der Waals surface area contributed by atoms with Gasteiger partial charge in [0.25, 0.3) is 11.8 Å². The summed E-state index contributed by atoms with van der Waals surface area (Å²) in [6, 6.07) is 17.5. The average Bonchev–Trinajstić information content (AvgIpc) is 1.57. The van der Waals surface area contributed by atoms with E-state index in [9.17, 15) is 94.2 Å². The molecule has 43 heteroatoms. The summed E-state index contributed by atoms with van der Waals surface area (Å²) in [6.45, 7) is 4.80. The molecule has 0 radical (unpaired) electrons. The van der Waals surface area contributed by atoms with E-state index in [2.05, 4.69) is 21.3 Å². The standard InChI is InChI=1S/C87H109N9O34/c1-44(2)65(89-45(3)97)75(106)92-55(41-125-82-70(103)66(99)68(101)72(129-82)80(111)112)74(105)90-50-12-11-49(54(30-50)91-64(98)15-21-119-23-25-121-27-28-122-26-24-120-22-20-88)40-127-85(116)96-57-34-63(61(118-5)32-53(57)77(108)94-43-87(18-19-87)36-59(94)79(96)110)124-39-48-8-6-7-47(29-48)38-123-62-33-56-52(31-60(62)117-4)76(107)93-42-86(16-17-86)35-58(93)78(109)95(56)84(115)126-37-46-9-13-51(14-10-46)128-83-71(104)67(100)69(102)73(130-83)81(113)114/h6-14,29-34,44,55,58-59,65-73,78-79,82-83,99-104,109-110H,15-28,35-43,88H2,1-5H3,(H,89,97)(H,90,105)(H,91,98)(H,92,106)(H,111,112)(H,113,114)/t55-,58-,59-,65-,66-,67-,68-,69-,70+,71+,72-,73-,78-,79-,82+,83+/m0/s1. The summed E-state index contributed by atoms with van der Waals surface area (Å²) in [5, 5.41) is 117. The van der Waals surface area contributed by atoms with Gasteiger partial charge in [0.1, 0.15) is 80.9 Å². The van der Waals surface area contributed by atoms with Crippen LogP contribution in [0.2, 0.25) is 0 Å². The van der Waals surface area contributed by atoms with Gasteiger partial charge in [0.15, 0.2) is 54.0 Å². The van der Waals surface area contributed by atoms with Gasteiger partial charge in [-0.05, 0) is 114 Å². The highest BCUT2D eigenvalue weighted by Gasteiger charge is 2.60. The molecule has 8 amide bonds. The van der Waals surface area contributed by atoms with E-state index in [4.69, 9.17) is 72.0 Å². The molecule has 16 N–H and O–H groups in total. The number of aliphatic hydroxyl groups excluding tert-OH is 8. The second-order valence-electron chi connectivity index (χ2n) is 33.5. The van der Waals surface area contributed by atoms with Crippen molar-refractivity contribution in [1.82, 2.24) is 20.4 Å². The normalized spacial score (nSPS) is 24.8. The Hall–Kier alpha value is -11.2. The first kappa shape index (κ1) is 96.3. The van der Waals surface area contributed by atoms with Crippen LogP contribution in [0.4, 0.5) is 32.3 Å². The van der Waals surface area contributed by atoms with Crippen LogP contribution in [0.3, 0.4) is 0 Å². The molecule has 2 spiro atoms. The van der Waals surface area contributed by atoms with Crippen LogP contribution in [0.25, 0.3) is 0 Å².